The van der Waals surface area contributed by atoms with Gasteiger partial charge in [0.1, 0.15) is 0 Å². The van der Waals surface area contributed by atoms with Gasteiger partial charge in [-0.3, -0.25) is 4.79 Å². The predicted molar refractivity (Wildman–Crippen MR) is 71.9 cm³/mol. The summed E-state index contributed by atoms with van der Waals surface area (Å²) in [6, 6.07) is 0. The van der Waals surface area contributed by atoms with Crippen molar-refractivity contribution >= 4 is 33.2 Å². The summed E-state index contributed by atoms with van der Waals surface area (Å²) in [6.45, 7) is 1.47. The second-order valence-electron chi connectivity index (χ2n) is 3.95. The van der Waals surface area contributed by atoms with Crippen LogP contribution in [0, 0.1) is 0 Å². The number of hydrogen-bond acceptors (Lipinski definition) is 6. The van der Waals surface area contributed by atoms with E-state index in [1.54, 1.807) is 0 Å². The van der Waals surface area contributed by atoms with Gasteiger partial charge in [-0.2, -0.15) is 4.31 Å². The van der Waals surface area contributed by atoms with E-state index in [1.165, 1.54) is 0 Å². The van der Waals surface area contributed by atoms with Crippen molar-refractivity contribution in [2.24, 2.45) is 5.73 Å². The van der Waals surface area contributed by atoms with Crippen molar-refractivity contribution in [3.63, 3.8) is 0 Å². The van der Waals surface area contributed by atoms with Gasteiger partial charge in [0.05, 0.1) is 12.1 Å². The highest BCUT2D eigenvalue weighted by atomic mass is 32.2. The second kappa shape index (κ2) is 6.77. The van der Waals surface area contributed by atoms with E-state index in [0.29, 0.717) is 17.8 Å². The molecule has 0 aromatic carbocycles. The van der Waals surface area contributed by atoms with Crippen LogP contribution in [0.3, 0.4) is 0 Å². The topological polar surface area (TPSA) is 131 Å². The number of aromatic carboxylic acids is 1. The fourth-order valence-corrected chi connectivity index (χ4v) is 4.19. The molecule has 0 unspecified atom stereocenters. The first-order valence-electron chi connectivity index (χ1n) is 5.76. The van der Waals surface area contributed by atoms with Crippen molar-refractivity contribution < 1.29 is 23.1 Å². The summed E-state index contributed by atoms with van der Waals surface area (Å²) in [4.78, 5) is 25.5. The van der Waals surface area contributed by atoms with Crippen molar-refractivity contribution in [3.05, 3.63) is 11.2 Å². The summed E-state index contributed by atoms with van der Waals surface area (Å²) in [5.74, 6) is -2.23. The Hall–Kier alpha value is -1.52. The number of rotatable bonds is 8. The Morgan fingerprint density at radius 2 is 2.15 bits per heavy atom. The molecule has 0 spiro atoms. The average Bonchev–Trinajstić information content (AvgIpc) is 2.83. The molecule has 1 amide bonds. The number of aromatic nitrogens is 1. The Morgan fingerprint density at radius 3 is 2.65 bits per heavy atom. The van der Waals surface area contributed by atoms with Crippen LogP contribution in [-0.2, 0) is 14.8 Å². The zero-order valence-electron chi connectivity index (χ0n) is 10.8. The summed E-state index contributed by atoms with van der Waals surface area (Å²) in [5, 5.41) is 8.93. The van der Waals surface area contributed by atoms with Crippen molar-refractivity contribution in [1.82, 2.24) is 9.29 Å². The molecule has 1 aromatic rings. The number of unbranched alkanes of at least 4 members (excludes halogenated alkanes) is 1. The van der Waals surface area contributed by atoms with Gasteiger partial charge in [0.15, 0.2) is 9.90 Å². The molecular weight excluding hydrogens is 306 g/mol. The number of carboxylic acid groups (broad SMARTS) is 1. The number of thiazole rings is 1. The molecule has 1 heterocycles. The van der Waals surface area contributed by atoms with Crippen LogP contribution in [0.5, 0.6) is 0 Å². The van der Waals surface area contributed by atoms with E-state index in [9.17, 15) is 18.0 Å². The summed E-state index contributed by atoms with van der Waals surface area (Å²) < 4.78 is 25.3. The number of hydrogen-bond donors (Lipinski definition) is 2. The lowest BCUT2D eigenvalue weighted by atomic mass is 10.3. The van der Waals surface area contributed by atoms with Crippen LogP contribution >= 0.6 is 11.3 Å². The van der Waals surface area contributed by atoms with E-state index in [0.717, 1.165) is 16.2 Å². The number of nitrogens with zero attached hydrogens (tertiary/aromatic N) is 2. The minimum Gasteiger partial charge on any atom is -0.476 e. The SMILES string of the molecule is CCCCN(CC(N)=O)S(=O)(=O)c1scnc1C(=O)O. The highest BCUT2D eigenvalue weighted by Gasteiger charge is 2.32. The van der Waals surface area contributed by atoms with E-state index in [-0.39, 0.29) is 10.8 Å². The molecule has 0 bridgehead atoms. The third-order valence-corrected chi connectivity index (χ3v) is 5.60. The smallest absolute Gasteiger partial charge is 0.356 e. The van der Waals surface area contributed by atoms with Gasteiger partial charge in [0.25, 0.3) is 10.0 Å². The molecule has 0 saturated carbocycles. The largest absolute Gasteiger partial charge is 0.476 e. The minimum absolute atomic E-state index is 0.0960. The van der Waals surface area contributed by atoms with Crippen LogP contribution < -0.4 is 5.73 Å². The van der Waals surface area contributed by atoms with Crippen LogP contribution in [-0.4, -0.2) is 47.8 Å². The standard InChI is InChI=1S/C10H15N3O5S2/c1-2-3-4-13(5-7(11)14)20(17,18)10-8(9(15)16)12-6-19-10/h6H,2-5H2,1H3,(H2,11,14)(H,15,16). The van der Waals surface area contributed by atoms with E-state index >= 15 is 0 Å². The molecule has 112 valence electrons. The lowest BCUT2D eigenvalue weighted by molar-refractivity contribution is -0.118. The Morgan fingerprint density at radius 1 is 1.50 bits per heavy atom. The molecule has 3 N–H and O–H groups in total. The molecule has 20 heavy (non-hydrogen) atoms. The maximum atomic E-state index is 12.4. The van der Waals surface area contributed by atoms with Crippen molar-refractivity contribution in [3.8, 4) is 0 Å². The number of sulfonamides is 1. The van der Waals surface area contributed by atoms with Crippen LogP contribution in [0.2, 0.25) is 0 Å². The fraction of sp³-hybridized carbons (Fsp3) is 0.500. The van der Waals surface area contributed by atoms with E-state index in [2.05, 4.69) is 4.98 Å². The van der Waals surface area contributed by atoms with Gasteiger partial charge >= 0.3 is 5.97 Å². The Bertz CT molecular complexity index is 596. The summed E-state index contributed by atoms with van der Waals surface area (Å²) in [7, 11) is -4.09. The van der Waals surface area contributed by atoms with E-state index in [4.69, 9.17) is 10.8 Å². The molecule has 0 aliphatic heterocycles. The lowest BCUT2D eigenvalue weighted by Crippen LogP contribution is -2.39. The number of carbonyl (C=O) groups excluding carboxylic acids is 1. The van der Waals surface area contributed by atoms with Crippen LogP contribution in [0.25, 0.3) is 0 Å². The number of carboxylic acids is 1. The number of nitrogens with two attached hydrogens (primary N) is 1. The van der Waals surface area contributed by atoms with E-state index in [1.807, 2.05) is 6.92 Å². The van der Waals surface area contributed by atoms with Crippen LogP contribution in [0.15, 0.2) is 9.72 Å². The molecule has 0 aliphatic rings. The van der Waals surface area contributed by atoms with Crippen molar-refractivity contribution in [2.75, 3.05) is 13.1 Å². The van der Waals surface area contributed by atoms with Gasteiger partial charge in [-0.15, -0.1) is 11.3 Å². The monoisotopic (exact) mass is 321 g/mol. The third kappa shape index (κ3) is 3.74. The molecule has 1 aromatic heterocycles. The molecule has 0 atom stereocenters. The van der Waals surface area contributed by atoms with Gasteiger partial charge in [-0.05, 0) is 6.42 Å². The summed E-state index contributed by atoms with van der Waals surface area (Å²) in [6.07, 6.45) is 1.26. The fourth-order valence-electron chi connectivity index (χ4n) is 1.47. The molecule has 8 nitrogen and oxygen atoms in total. The molecule has 0 radical (unpaired) electrons. The summed E-state index contributed by atoms with van der Waals surface area (Å²) in [5.41, 5.74) is 5.64. The Balaban J connectivity index is 3.17. The highest BCUT2D eigenvalue weighted by molar-refractivity contribution is 7.91. The zero-order valence-corrected chi connectivity index (χ0v) is 12.4. The number of amides is 1. The lowest BCUT2D eigenvalue weighted by Gasteiger charge is -2.19. The first-order valence-corrected chi connectivity index (χ1v) is 8.08. The predicted octanol–water partition coefficient (Wildman–Crippen LogP) is 0.117. The molecular formula is C10H15N3O5S2. The maximum absolute atomic E-state index is 12.4. The molecule has 0 aliphatic carbocycles. The van der Waals surface area contributed by atoms with E-state index < -0.39 is 34.1 Å². The molecule has 1 rings (SSSR count). The zero-order chi connectivity index (χ0) is 15.3. The van der Waals surface area contributed by atoms with Crippen molar-refractivity contribution in [1.29, 1.82) is 0 Å². The van der Waals surface area contributed by atoms with Gasteiger partial charge in [0.2, 0.25) is 5.91 Å². The van der Waals surface area contributed by atoms with Crippen molar-refractivity contribution in [2.45, 2.75) is 24.0 Å². The third-order valence-electron chi connectivity index (χ3n) is 2.40. The van der Waals surface area contributed by atoms with Gasteiger partial charge in [-0.25, -0.2) is 18.2 Å². The highest BCUT2D eigenvalue weighted by Crippen LogP contribution is 2.24. The molecule has 0 fully saturated rings. The normalized spacial score (nSPS) is 11.7. The second-order valence-corrected chi connectivity index (χ2v) is 6.94. The van der Waals surface area contributed by atoms with Crippen LogP contribution in [0.4, 0.5) is 0 Å². The van der Waals surface area contributed by atoms with Crippen LogP contribution in [0.1, 0.15) is 30.3 Å². The summed E-state index contributed by atoms with van der Waals surface area (Å²) >= 11 is 0.700. The Kier molecular flexibility index (Phi) is 5.60. The number of carbonyl (C=O) groups is 2. The first kappa shape index (κ1) is 16.5. The quantitative estimate of drug-likeness (QED) is 0.699. The van der Waals surface area contributed by atoms with Gasteiger partial charge in [0, 0.05) is 6.54 Å². The van der Waals surface area contributed by atoms with Gasteiger partial charge in [-0.1, -0.05) is 13.3 Å². The molecule has 0 saturated heterocycles. The maximum Gasteiger partial charge on any atom is 0.356 e. The van der Waals surface area contributed by atoms with Gasteiger partial charge < -0.3 is 10.8 Å². The minimum atomic E-state index is -4.09. The first-order chi connectivity index (χ1) is 9.30. The Labute approximate surface area is 120 Å². The molecule has 10 heteroatoms. The average molecular weight is 321 g/mol. The number of primary amides is 1.